The Kier molecular flexibility index (Phi) is 4.96. The molecule has 0 spiro atoms. The summed E-state index contributed by atoms with van der Waals surface area (Å²) < 4.78 is 12.2. The molecule has 0 saturated carbocycles. The minimum Gasteiger partial charge on any atom is -0.473 e. The van der Waals surface area contributed by atoms with E-state index in [-0.39, 0.29) is 12.0 Å². The fourth-order valence-corrected chi connectivity index (χ4v) is 4.18. The minimum atomic E-state index is -0.0294. The van der Waals surface area contributed by atoms with E-state index in [0.717, 1.165) is 28.1 Å². The van der Waals surface area contributed by atoms with Crippen LogP contribution in [0.1, 0.15) is 16.9 Å². The maximum absolute atomic E-state index is 13.4. The summed E-state index contributed by atoms with van der Waals surface area (Å²) in [6, 6.07) is 21.4. The predicted molar refractivity (Wildman–Crippen MR) is 122 cm³/mol. The van der Waals surface area contributed by atoms with Crippen LogP contribution < -0.4 is 15.1 Å². The van der Waals surface area contributed by atoms with Crippen LogP contribution in [0.2, 0.25) is 0 Å². The van der Waals surface area contributed by atoms with Crippen LogP contribution in [0.5, 0.6) is 5.75 Å². The van der Waals surface area contributed by atoms with E-state index >= 15 is 0 Å². The van der Waals surface area contributed by atoms with E-state index in [0.29, 0.717) is 42.0 Å². The number of aliphatic hydroxyl groups is 1. The van der Waals surface area contributed by atoms with Crippen LogP contribution in [-0.4, -0.2) is 18.4 Å². The first-order valence-corrected chi connectivity index (χ1v) is 10.4. The number of hydrogen-bond donors (Lipinski definition) is 1. The highest BCUT2D eigenvalue weighted by Gasteiger charge is 2.24. The van der Waals surface area contributed by atoms with E-state index in [9.17, 15) is 4.79 Å². The van der Waals surface area contributed by atoms with E-state index in [4.69, 9.17) is 14.3 Å². The number of ether oxygens (including phenoxy) is 1. The Bertz CT molecular complexity index is 1290. The average molecular weight is 413 g/mol. The van der Waals surface area contributed by atoms with E-state index in [1.165, 1.54) is 0 Å². The number of anilines is 1. The van der Waals surface area contributed by atoms with Gasteiger partial charge in [-0.2, -0.15) is 0 Å². The minimum absolute atomic E-state index is 0.0294. The zero-order valence-corrected chi connectivity index (χ0v) is 17.3. The van der Waals surface area contributed by atoms with Gasteiger partial charge in [-0.05, 0) is 48.7 Å². The molecule has 5 heteroatoms. The molecule has 5 nitrogen and oxygen atoms in total. The molecule has 1 N–H and O–H groups in total. The van der Waals surface area contributed by atoms with Crippen molar-refractivity contribution in [1.29, 1.82) is 0 Å². The predicted octanol–water partition coefficient (Wildman–Crippen LogP) is 4.66. The van der Waals surface area contributed by atoms with Crippen LogP contribution in [0, 0.1) is 6.92 Å². The van der Waals surface area contributed by atoms with Crippen molar-refractivity contribution in [3.8, 4) is 16.9 Å². The van der Waals surface area contributed by atoms with Crippen LogP contribution in [0.15, 0.2) is 75.9 Å². The summed E-state index contributed by atoms with van der Waals surface area (Å²) in [6.07, 6.45) is 0.637. The van der Waals surface area contributed by atoms with Crippen molar-refractivity contribution in [2.45, 2.75) is 19.9 Å². The fraction of sp³-hybridized carbons (Fsp3) is 0.192. The molecule has 5 rings (SSSR count). The molecular weight excluding hydrogens is 390 g/mol. The number of fused-ring (bicyclic) bond motifs is 3. The summed E-state index contributed by atoms with van der Waals surface area (Å²) in [5, 5.41) is 9.68. The fourth-order valence-electron chi connectivity index (χ4n) is 4.18. The molecule has 1 aliphatic heterocycles. The first kappa shape index (κ1) is 19.4. The van der Waals surface area contributed by atoms with Gasteiger partial charge in [-0.25, -0.2) is 0 Å². The normalized spacial score (nSPS) is 13.2. The van der Waals surface area contributed by atoms with Gasteiger partial charge in [0.1, 0.15) is 17.1 Å². The topological polar surface area (TPSA) is 62.9 Å². The van der Waals surface area contributed by atoms with E-state index < -0.39 is 0 Å². The second-order valence-electron chi connectivity index (χ2n) is 7.76. The third-order valence-electron chi connectivity index (χ3n) is 5.79. The second-order valence-corrected chi connectivity index (χ2v) is 7.76. The monoisotopic (exact) mass is 413 g/mol. The lowest BCUT2D eigenvalue weighted by molar-refractivity contribution is 0.289. The van der Waals surface area contributed by atoms with Gasteiger partial charge in [-0.3, -0.25) is 4.79 Å². The van der Waals surface area contributed by atoms with Crippen LogP contribution >= 0.6 is 0 Å². The highest BCUT2D eigenvalue weighted by molar-refractivity contribution is 5.87. The van der Waals surface area contributed by atoms with Crippen molar-refractivity contribution in [3.63, 3.8) is 0 Å². The second kappa shape index (κ2) is 7.93. The van der Waals surface area contributed by atoms with E-state index in [1.54, 1.807) is 6.07 Å². The molecule has 0 unspecified atom stereocenters. The molecule has 0 amide bonds. The zero-order chi connectivity index (χ0) is 21.4. The average Bonchev–Trinajstić information content (AvgIpc) is 2.80. The summed E-state index contributed by atoms with van der Waals surface area (Å²) in [7, 11) is 0. The van der Waals surface area contributed by atoms with Crippen molar-refractivity contribution in [3.05, 3.63) is 93.8 Å². The molecule has 0 fully saturated rings. The van der Waals surface area contributed by atoms with Gasteiger partial charge in [0.25, 0.3) is 0 Å². The SMILES string of the molecule is Cc1oc2c3c(ccc2c(=O)c1-c1ccccc1)OCN(c1ccc(CCO)cc1)C3. The van der Waals surface area contributed by atoms with Gasteiger partial charge in [0.05, 0.1) is 23.1 Å². The Morgan fingerprint density at radius 2 is 1.77 bits per heavy atom. The summed E-state index contributed by atoms with van der Waals surface area (Å²) in [4.78, 5) is 15.5. The Labute approximate surface area is 180 Å². The van der Waals surface area contributed by atoms with Gasteiger partial charge in [0, 0.05) is 12.3 Å². The number of rotatable bonds is 4. The molecule has 1 aromatic heterocycles. The van der Waals surface area contributed by atoms with Gasteiger partial charge < -0.3 is 19.2 Å². The highest BCUT2D eigenvalue weighted by Crippen LogP contribution is 2.35. The third-order valence-corrected chi connectivity index (χ3v) is 5.79. The molecule has 0 radical (unpaired) electrons. The highest BCUT2D eigenvalue weighted by atomic mass is 16.5. The van der Waals surface area contributed by atoms with Crippen LogP contribution in [-0.2, 0) is 13.0 Å². The number of aryl methyl sites for hydroxylation is 1. The number of hydrogen-bond acceptors (Lipinski definition) is 5. The van der Waals surface area contributed by atoms with Crippen molar-refractivity contribution in [1.82, 2.24) is 0 Å². The van der Waals surface area contributed by atoms with Gasteiger partial charge in [-0.15, -0.1) is 0 Å². The Morgan fingerprint density at radius 3 is 2.52 bits per heavy atom. The van der Waals surface area contributed by atoms with Gasteiger partial charge in [0.2, 0.25) is 5.43 Å². The van der Waals surface area contributed by atoms with Crippen LogP contribution in [0.4, 0.5) is 5.69 Å². The lowest BCUT2D eigenvalue weighted by Crippen LogP contribution is -2.32. The van der Waals surface area contributed by atoms with Gasteiger partial charge in [-0.1, -0.05) is 42.5 Å². The smallest absolute Gasteiger partial charge is 0.200 e. The molecule has 0 atom stereocenters. The number of nitrogens with zero attached hydrogens (tertiary/aromatic N) is 1. The summed E-state index contributed by atoms with van der Waals surface area (Å²) >= 11 is 0. The molecular formula is C26H23NO4. The van der Waals surface area contributed by atoms with Crippen molar-refractivity contribution in [2.75, 3.05) is 18.2 Å². The third kappa shape index (κ3) is 3.47. The molecule has 3 aromatic carbocycles. The molecule has 0 saturated heterocycles. The van der Waals surface area contributed by atoms with E-state index in [1.807, 2.05) is 67.6 Å². The van der Waals surface area contributed by atoms with Crippen molar-refractivity contribution >= 4 is 16.7 Å². The van der Waals surface area contributed by atoms with Crippen molar-refractivity contribution in [2.24, 2.45) is 0 Å². The Morgan fingerprint density at radius 1 is 1.00 bits per heavy atom. The number of benzene rings is 3. The standard InChI is InChI=1S/C26H23NO4/c1-17-24(19-5-3-2-4-6-19)25(29)21-11-12-23-22(26(21)31-17)15-27(16-30-23)20-9-7-18(8-10-20)13-14-28/h2-12,28H,13-16H2,1H3. The first-order valence-electron chi connectivity index (χ1n) is 10.4. The maximum Gasteiger partial charge on any atom is 0.200 e. The molecule has 4 aromatic rings. The first-order chi connectivity index (χ1) is 15.2. The lowest BCUT2D eigenvalue weighted by atomic mass is 10.0. The largest absolute Gasteiger partial charge is 0.473 e. The Hall–Kier alpha value is -3.57. The zero-order valence-electron chi connectivity index (χ0n) is 17.3. The molecule has 1 aliphatic rings. The molecule has 0 bridgehead atoms. The molecule has 2 heterocycles. The molecule has 31 heavy (non-hydrogen) atoms. The van der Waals surface area contributed by atoms with Gasteiger partial charge >= 0.3 is 0 Å². The quantitative estimate of drug-likeness (QED) is 0.527. The maximum atomic E-state index is 13.4. The summed E-state index contributed by atoms with van der Waals surface area (Å²) in [5.41, 5.74) is 4.99. The van der Waals surface area contributed by atoms with E-state index in [2.05, 4.69) is 4.90 Å². The number of aliphatic hydroxyl groups excluding tert-OH is 1. The Balaban J connectivity index is 1.57. The molecule has 156 valence electrons. The van der Waals surface area contributed by atoms with Crippen molar-refractivity contribution < 1.29 is 14.3 Å². The van der Waals surface area contributed by atoms with Gasteiger partial charge in [0.15, 0.2) is 6.73 Å². The summed E-state index contributed by atoms with van der Waals surface area (Å²) in [6.45, 7) is 2.97. The van der Waals surface area contributed by atoms with Crippen LogP contribution in [0.3, 0.4) is 0 Å². The summed E-state index contributed by atoms with van der Waals surface area (Å²) in [5.74, 6) is 1.35. The van der Waals surface area contributed by atoms with Crippen LogP contribution in [0.25, 0.3) is 22.1 Å². The lowest BCUT2D eigenvalue weighted by Gasteiger charge is -2.31. The molecule has 0 aliphatic carbocycles.